The Kier molecular flexibility index (Phi) is 13.6. The van der Waals surface area contributed by atoms with Crippen molar-refractivity contribution in [2.75, 3.05) is 0 Å². The number of hydrogen-bond acceptors (Lipinski definition) is 2. The Morgan fingerprint density at radius 3 is 1.71 bits per heavy atom. The van der Waals surface area contributed by atoms with E-state index in [1.807, 2.05) is 6.08 Å². The Labute approximate surface area is 107 Å². The minimum absolute atomic E-state index is 0.966. The van der Waals surface area contributed by atoms with Gasteiger partial charge in [-0.3, -0.25) is 0 Å². The Balaban J connectivity index is 2.99. The molecule has 2 nitrogen and oxygen atoms in total. The highest BCUT2D eigenvalue weighted by Crippen LogP contribution is 2.11. The van der Waals surface area contributed by atoms with Gasteiger partial charge in [-0.2, -0.15) is 0 Å². The number of allylic oxidation sites excluding steroid dienone is 1. The minimum atomic E-state index is -1.28. The molecule has 0 radical (unpaired) electrons. The van der Waals surface area contributed by atoms with Crippen molar-refractivity contribution in [2.45, 2.75) is 77.6 Å². The van der Waals surface area contributed by atoms with Crippen LogP contribution in [0.4, 0.5) is 0 Å². The maximum atomic E-state index is 8.58. The van der Waals surface area contributed by atoms with E-state index >= 15 is 0 Å². The fourth-order valence-corrected chi connectivity index (χ4v) is 1.97. The lowest BCUT2D eigenvalue weighted by molar-refractivity contribution is 0.424. The zero-order valence-electron chi connectivity index (χ0n) is 11.4. The van der Waals surface area contributed by atoms with E-state index in [0.717, 1.165) is 6.42 Å². The smallest absolute Gasteiger partial charge is 0.424 e. The highest BCUT2D eigenvalue weighted by atomic mass is 16.4. The van der Waals surface area contributed by atoms with Crippen molar-refractivity contribution in [3.05, 3.63) is 12.1 Å². The summed E-state index contributed by atoms with van der Waals surface area (Å²) in [6, 6.07) is 0. The minimum Gasteiger partial charge on any atom is -0.424 e. The summed E-state index contributed by atoms with van der Waals surface area (Å²) in [4.78, 5) is 0. The monoisotopic (exact) mass is 240 g/mol. The normalized spacial score (nSPS) is 11.2. The van der Waals surface area contributed by atoms with E-state index < -0.39 is 7.12 Å². The third-order valence-corrected chi connectivity index (χ3v) is 3.03. The molecule has 100 valence electrons. The van der Waals surface area contributed by atoms with Crippen LogP contribution in [0.1, 0.15) is 77.6 Å². The van der Waals surface area contributed by atoms with Gasteiger partial charge in [0, 0.05) is 0 Å². The zero-order chi connectivity index (χ0) is 12.8. The summed E-state index contributed by atoms with van der Waals surface area (Å²) in [5, 5.41) is 17.2. The highest BCUT2D eigenvalue weighted by molar-refractivity contribution is 6.47. The van der Waals surface area contributed by atoms with Crippen LogP contribution in [0.2, 0.25) is 0 Å². The fraction of sp³-hybridized carbons (Fsp3) is 0.857. The van der Waals surface area contributed by atoms with Gasteiger partial charge in [-0.15, -0.1) is 0 Å². The fourth-order valence-electron chi connectivity index (χ4n) is 1.97. The van der Waals surface area contributed by atoms with Crippen LogP contribution in [0.25, 0.3) is 0 Å². The summed E-state index contributed by atoms with van der Waals surface area (Å²) in [7, 11) is -1.28. The lowest BCUT2D eigenvalue weighted by Gasteiger charge is -2.01. The molecular weight excluding hydrogens is 211 g/mol. The summed E-state index contributed by atoms with van der Waals surface area (Å²) in [6.45, 7) is 2.25. The first-order valence-corrected chi connectivity index (χ1v) is 7.30. The maximum absolute atomic E-state index is 8.58. The van der Waals surface area contributed by atoms with E-state index in [1.165, 1.54) is 70.2 Å². The Morgan fingerprint density at radius 1 is 0.765 bits per heavy atom. The van der Waals surface area contributed by atoms with Gasteiger partial charge >= 0.3 is 7.12 Å². The summed E-state index contributed by atoms with van der Waals surface area (Å²) in [5.41, 5.74) is 0. The van der Waals surface area contributed by atoms with Crippen LogP contribution < -0.4 is 0 Å². The lowest BCUT2D eigenvalue weighted by Crippen LogP contribution is -2.05. The van der Waals surface area contributed by atoms with Gasteiger partial charge in [0.1, 0.15) is 0 Å². The van der Waals surface area contributed by atoms with Gasteiger partial charge in [-0.1, -0.05) is 76.8 Å². The second-order valence-electron chi connectivity index (χ2n) is 4.81. The molecule has 0 heterocycles. The average Bonchev–Trinajstić information content (AvgIpc) is 2.30. The number of hydrogen-bond donors (Lipinski definition) is 2. The van der Waals surface area contributed by atoms with Crippen LogP contribution in [-0.4, -0.2) is 17.2 Å². The topological polar surface area (TPSA) is 40.5 Å². The molecule has 0 aliphatic heterocycles. The molecule has 0 saturated carbocycles. The first-order valence-electron chi connectivity index (χ1n) is 7.30. The Bertz CT molecular complexity index is 170. The van der Waals surface area contributed by atoms with Crippen LogP contribution in [0.5, 0.6) is 0 Å². The van der Waals surface area contributed by atoms with Gasteiger partial charge in [0.2, 0.25) is 0 Å². The maximum Gasteiger partial charge on any atom is 0.480 e. The van der Waals surface area contributed by atoms with Crippen LogP contribution in [-0.2, 0) is 0 Å². The van der Waals surface area contributed by atoms with E-state index in [1.54, 1.807) is 0 Å². The molecule has 0 bridgehead atoms. The summed E-state index contributed by atoms with van der Waals surface area (Å²) >= 11 is 0. The van der Waals surface area contributed by atoms with Crippen molar-refractivity contribution >= 4 is 7.12 Å². The summed E-state index contributed by atoms with van der Waals surface area (Å²) in [5.74, 6) is 1.44. The lowest BCUT2D eigenvalue weighted by atomic mass is 9.91. The van der Waals surface area contributed by atoms with Crippen molar-refractivity contribution in [3.63, 3.8) is 0 Å². The van der Waals surface area contributed by atoms with Crippen molar-refractivity contribution in [3.8, 4) is 0 Å². The molecule has 0 aromatic carbocycles. The van der Waals surface area contributed by atoms with Crippen molar-refractivity contribution in [1.82, 2.24) is 0 Å². The molecule has 17 heavy (non-hydrogen) atoms. The molecule has 0 fully saturated rings. The molecule has 0 aliphatic rings. The van der Waals surface area contributed by atoms with Gasteiger partial charge in [0.15, 0.2) is 0 Å². The van der Waals surface area contributed by atoms with Gasteiger partial charge in [-0.05, 0) is 12.8 Å². The van der Waals surface area contributed by atoms with E-state index in [4.69, 9.17) is 10.0 Å². The Morgan fingerprint density at radius 2 is 1.24 bits per heavy atom. The highest BCUT2D eigenvalue weighted by Gasteiger charge is 1.96. The first kappa shape index (κ1) is 16.7. The molecule has 0 aromatic heterocycles. The van der Waals surface area contributed by atoms with Gasteiger partial charge in [0.25, 0.3) is 0 Å². The quantitative estimate of drug-likeness (QED) is 0.401. The Hall–Kier alpha value is -0.275. The third-order valence-electron chi connectivity index (χ3n) is 3.03. The number of unbranched alkanes of at least 4 members (excludes halogenated alkanes) is 10. The van der Waals surface area contributed by atoms with E-state index in [-0.39, 0.29) is 0 Å². The molecule has 2 N–H and O–H groups in total. The molecule has 0 rings (SSSR count). The van der Waals surface area contributed by atoms with E-state index in [0.29, 0.717) is 0 Å². The second-order valence-corrected chi connectivity index (χ2v) is 4.81. The van der Waals surface area contributed by atoms with Gasteiger partial charge in [-0.25, -0.2) is 0 Å². The molecule has 0 aliphatic carbocycles. The van der Waals surface area contributed by atoms with Crippen molar-refractivity contribution in [2.24, 2.45) is 0 Å². The van der Waals surface area contributed by atoms with Crippen LogP contribution >= 0.6 is 0 Å². The molecule has 0 spiro atoms. The SMILES string of the molecule is CCCCCCCCCCCC/C=C/B(O)O. The molecule has 0 saturated heterocycles. The van der Waals surface area contributed by atoms with Gasteiger partial charge in [0.05, 0.1) is 0 Å². The van der Waals surface area contributed by atoms with E-state index in [9.17, 15) is 0 Å². The molecule has 3 heteroatoms. The molecule has 0 atom stereocenters. The summed E-state index contributed by atoms with van der Waals surface area (Å²) < 4.78 is 0. The second kappa shape index (κ2) is 13.8. The standard InChI is InChI=1S/C14H29BO2/c1-2-3-4-5-6-7-8-9-10-11-12-13-14-15(16)17/h13-14,16-17H,2-12H2,1H3/b14-13+. The number of rotatable bonds is 12. The first-order chi connectivity index (χ1) is 8.27. The molecular formula is C14H29BO2. The molecule has 0 amide bonds. The largest absolute Gasteiger partial charge is 0.480 e. The third kappa shape index (κ3) is 15.7. The molecule has 0 aromatic rings. The predicted octanol–water partition coefficient (Wildman–Crippen LogP) is 3.87. The van der Waals surface area contributed by atoms with Crippen molar-refractivity contribution < 1.29 is 10.0 Å². The molecule has 0 unspecified atom stereocenters. The van der Waals surface area contributed by atoms with Crippen molar-refractivity contribution in [1.29, 1.82) is 0 Å². The average molecular weight is 240 g/mol. The predicted molar refractivity (Wildman–Crippen MR) is 75.8 cm³/mol. The van der Waals surface area contributed by atoms with Crippen LogP contribution in [0, 0.1) is 0 Å². The van der Waals surface area contributed by atoms with E-state index in [2.05, 4.69) is 6.92 Å². The van der Waals surface area contributed by atoms with Crippen LogP contribution in [0.15, 0.2) is 12.1 Å². The van der Waals surface area contributed by atoms with Crippen LogP contribution in [0.3, 0.4) is 0 Å². The zero-order valence-corrected chi connectivity index (χ0v) is 11.4. The summed E-state index contributed by atoms with van der Waals surface area (Å²) in [6.07, 6.45) is 16.3. The van der Waals surface area contributed by atoms with Gasteiger partial charge < -0.3 is 10.0 Å².